The van der Waals surface area contributed by atoms with Gasteiger partial charge in [-0.3, -0.25) is 4.99 Å². The lowest BCUT2D eigenvalue weighted by Crippen LogP contribution is -2.17. The highest BCUT2D eigenvalue weighted by Gasteiger charge is 2.22. The van der Waals surface area contributed by atoms with Crippen LogP contribution in [-0.2, 0) is 12.8 Å². The molecule has 0 unspecified atom stereocenters. The molecule has 3 heterocycles. The van der Waals surface area contributed by atoms with Crippen molar-refractivity contribution < 1.29 is 23.4 Å². The lowest BCUT2D eigenvalue weighted by molar-refractivity contribution is 0.174. The van der Waals surface area contributed by atoms with Gasteiger partial charge in [0.1, 0.15) is 5.58 Å². The number of ether oxygens (including phenoxy) is 4. The van der Waals surface area contributed by atoms with Crippen LogP contribution >= 0.6 is 0 Å². The summed E-state index contributed by atoms with van der Waals surface area (Å²) in [6.07, 6.45) is 1.32. The Balaban J connectivity index is 1.60. The summed E-state index contributed by atoms with van der Waals surface area (Å²) in [7, 11) is 3.24. The maximum absolute atomic E-state index is 12.2. The molecule has 2 aromatic carbocycles. The third kappa shape index (κ3) is 2.99. The largest absolute Gasteiger partial charge is 0.493 e. The molecule has 148 valence electrons. The molecule has 0 N–H and O–H groups in total. The van der Waals surface area contributed by atoms with Crippen LogP contribution < -0.4 is 24.6 Å². The molecule has 2 aliphatic rings. The quantitative estimate of drug-likeness (QED) is 0.634. The van der Waals surface area contributed by atoms with Gasteiger partial charge in [0, 0.05) is 41.8 Å². The van der Waals surface area contributed by atoms with E-state index in [2.05, 4.69) is 0 Å². The third-order valence-electron chi connectivity index (χ3n) is 5.29. The molecule has 0 bridgehead atoms. The zero-order chi connectivity index (χ0) is 20.0. The van der Waals surface area contributed by atoms with Crippen molar-refractivity contribution in [2.75, 3.05) is 27.6 Å². The number of rotatable bonds is 4. The predicted octanol–water partition coefficient (Wildman–Crippen LogP) is 3.13. The average molecular weight is 393 g/mol. The Morgan fingerprint density at radius 2 is 1.76 bits per heavy atom. The van der Waals surface area contributed by atoms with Gasteiger partial charge in [-0.25, -0.2) is 4.79 Å². The molecular formula is C22H19NO6. The van der Waals surface area contributed by atoms with E-state index in [0.29, 0.717) is 41.5 Å². The van der Waals surface area contributed by atoms with Crippen molar-refractivity contribution in [2.24, 2.45) is 4.99 Å². The first kappa shape index (κ1) is 17.6. The number of aliphatic imine (C=N–C) groups is 1. The van der Waals surface area contributed by atoms with Crippen molar-refractivity contribution in [3.05, 3.63) is 57.4 Å². The van der Waals surface area contributed by atoms with E-state index in [0.717, 1.165) is 34.2 Å². The number of hydrogen-bond donors (Lipinski definition) is 0. The highest BCUT2D eigenvalue weighted by atomic mass is 16.7. The summed E-state index contributed by atoms with van der Waals surface area (Å²) in [6, 6.07) is 9.02. The van der Waals surface area contributed by atoms with Gasteiger partial charge in [0.05, 0.1) is 14.2 Å². The molecule has 2 aliphatic heterocycles. The van der Waals surface area contributed by atoms with Gasteiger partial charge >= 0.3 is 5.63 Å². The molecule has 0 saturated carbocycles. The second-order valence-corrected chi connectivity index (χ2v) is 6.91. The van der Waals surface area contributed by atoms with Crippen LogP contribution in [0.15, 0.2) is 44.5 Å². The van der Waals surface area contributed by atoms with Crippen molar-refractivity contribution in [1.29, 1.82) is 0 Å². The van der Waals surface area contributed by atoms with Gasteiger partial charge in [-0.2, -0.15) is 0 Å². The van der Waals surface area contributed by atoms with Crippen LogP contribution in [-0.4, -0.2) is 33.3 Å². The smallest absolute Gasteiger partial charge is 0.336 e. The van der Waals surface area contributed by atoms with Gasteiger partial charge in [0.25, 0.3) is 0 Å². The zero-order valence-corrected chi connectivity index (χ0v) is 16.1. The van der Waals surface area contributed by atoms with E-state index in [-0.39, 0.29) is 6.79 Å². The fourth-order valence-corrected chi connectivity index (χ4v) is 3.89. The van der Waals surface area contributed by atoms with Crippen molar-refractivity contribution >= 4 is 16.7 Å². The molecule has 0 saturated heterocycles. The summed E-state index contributed by atoms with van der Waals surface area (Å²) in [5, 5.41) is 0.809. The minimum atomic E-state index is -0.407. The van der Waals surface area contributed by atoms with Crippen LogP contribution in [0, 0.1) is 0 Å². The molecule has 0 atom stereocenters. The molecule has 7 nitrogen and oxygen atoms in total. The van der Waals surface area contributed by atoms with Crippen LogP contribution in [0.5, 0.6) is 23.0 Å². The molecule has 0 amide bonds. The third-order valence-corrected chi connectivity index (χ3v) is 5.29. The van der Waals surface area contributed by atoms with Gasteiger partial charge in [0.2, 0.25) is 6.79 Å². The van der Waals surface area contributed by atoms with Crippen LogP contribution in [0.2, 0.25) is 0 Å². The van der Waals surface area contributed by atoms with Crippen LogP contribution in [0.3, 0.4) is 0 Å². The Kier molecular flexibility index (Phi) is 4.16. The normalized spacial score (nSPS) is 14.5. The van der Waals surface area contributed by atoms with Crippen LogP contribution in [0.1, 0.15) is 16.7 Å². The molecule has 0 radical (unpaired) electrons. The fraction of sp³-hybridized carbons (Fsp3) is 0.273. The minimum Gasteiger partial charge on any atom is -0.493 e. The standard InChI is InChI=1S/C22H19NO6/c1-25-18-6-12-3-4-23-16(14(12)8-19(18)26-2)5-13-7-22(24)29-17-10-21-20(9-15(13)17)27-11-28-21/h6-10H,3-5,11H2,1-2H3. The summed E-state index contributed by atoms with van der Waals surface area (Å²) in [6.45, 7) is 0.844. The highest BCUT2D eigenvalue weighted by molar-refractivity contribution is 6.05. The maximum Gasteiger partial charge on any atom is 0.336 e. The molecule has 7 heteroatoms. The second kappa shape index (κ2) is 6.84. The first-order valence-electron chi connectivity index (χ1n) is 9.31. The Morgan fingerprint density at radius 3 is 2.55 bits per heavy atom. The van der Waals surface area contributed by atoms with E-state index in [1.807, 2.05) is 18.2 Å². The summed E-state index contributed by atoms with van der Waals surface area (Å²) in [5.41, 5.74) is 3.96. The molecule has 5 rings (SSSR count). The van der Waals surface area contributed by atoms with Crippen molar-refractivity contribution in [1.82, 2.24) is 0 Å². The van der Waals surface area contributed by atoms with E-state index in [4.69, 9.17) is 28.4 Å². The fourth-order valence-electron chi connectivity index (χ4n) is 3.89. The number of nitrogens with zero attached hydrogens (tertiary/aromatic N) is 1. The van der Waals surface area contributed by atoms with Gasteiger partial charge < -0.3 is 23.4 Å². The molecule has 3 aromatic rings. The van der Waals surface area contributed by atoms with Crippen molar-refractivity contribution in [2.45, 2.75) is 12.8 Å². The molecule has 1 aromatic heterocycles. The van der Waals surface area contributed by atoms with Crippen LogP contribution in [0.4, 0.5) is 0 Å². The average Bonchev–Trinajstić information content (AvgIpc) is 3.19. The molecule has 0 fully saturated rings. The number of benzene rings is 2. The number of methoxy groups -OCH3 is 2. The van der Waals surface area contributed by atoms with E-state index in [1.54, 1.807) is 20.3 Å². The molecule has 0 aliphatic carbocycles. The van der Waals surface area contributed by atoms with Gasteiger partial charge in [-0.05, 0) is 35.7 Å². The highest BCUT2D eigenvalue weighted by Crippen LogP contribution is 2.37. The lowest BCUT2D eigenvalue weighted by Gasteiger charge is -2.20. The van der Waals surface area contributed by atoms with E-state index in [9.17, 15) is 4.79 Å². The Bertz CT molecular complexity index is 1210. The van der Waals surface area contributed by atoms with Crippen molar-refractivity contribution in [3.8, 4) is 23.0 Å². The number of hydrogen-bond acceptors (Lipinski definition) is 7. The summed E-state index contributed by atoms with van der Waals surface area (Å²) in [5.74, 6) is 2.58. The van der Waals surface area contributed by atoms with Gasteiger partial charge in [-0.15, -0.1) is 0 Å². The molecule has 29 heavy (non-hydrogen) atoms. The van der Waals surface area contributed by atoms with Gasteiger partial charge in [0.15, 0.2) is 23.0 Å². The first-order chi connectivity index (χ1) is 14.2. The first-order valence-corrected chi connectivity index (χ1v) is 9.31. The van der Waals surface area contributed by atoms with Crippen molar-refractivity contribution in [3.63, 3.8) is 0 Å². The van der Waals surface area contributed by atoms with Crippen LogP contribution in [0.25, 0.3) is 11.0 Å². The Labute approximate surface area is 166 Å². The number of fused-ring (bicyclic) bond motifs is 3. The van der Waals surface area contributed by atoms with E-state index in [1.165, 1.54) is 6.07 Å². The Hall–Kier alpha value is -3.48. The predicted molar refractivity (Wildman–Crippen MR) is 107 cm³/mol. The lowest BCUT2D eigenvalue weighted by atomic mass is 9.92. The monoisotopic (exact) mass is 393 g/mol. The summed E-state index contributed by atoms with van der Waals surface area (Å²) >= 11 is 0. The molecular weight excluding hydrogens is 374 g/mol. The zero-order valence-electron chi connectivity index (χ0n) is 16.1. The molecule has 0 spiro atoms. The topological polar surface area (TPSA) is 79.5 Å². The van der Waals surface area contributed by atoms with E-state index < -0.39 is 5.63 Å². The summed E-state index contributed by atoms with van der Waals surface area (Å²) in [4.78, 5) is 16.9. The summed E-state index contributed by atoms with van der Waals surface area (Å²) < 4.78 is 27.2. The van der Waals surface area contributed by atoms with E-state index >= 15 is 0 Å². The maximum atomic E-state index is 12.2. The second-order valence-electron chi connectivity index (χ2n) is 6.91. The minimum absolute atomic E-state index is 0.160. The Morgan fingerprint density at radius 1 is 1.00 bits per heavy atom. The van der Waals surface area contributed by atoms with Gasteiger partial charge in [-0.1, -0.05) is 0 Å². The SMILES string of the molecule is COc1cc2c(cc1OC)C(Cc1cc(=O)oc3cc4c(cc13)OCO4)=NCC2.